The molecule has 0 saturated carbocycles. The minimum absolute atomic E-state index is 0.0583. The van der Waals surface area contributed by atoms with E-state index in [1.165, 1.54) is 55.4 Å². The first-order valence-corrected chi connectivity index (χ1v) is 15.8. The zero-order valence-electron chi connectivity index (χ0n) is 26.1. The normalized spacial score (nSPS) is 15.2. The largest absolute Gasteiger partial charge is 0.490 e. The number of hydrogen-bond donors (Lipinski definition) is 0. The molecule has 0 fully saturated rings. The van der Waals surface area contributed by atoms with E-state index in [1.807, 2.05) is 24.3 Å². The lowest BCUT2D eigenvalue weighted by Gasteiger charge is -2.34. The maximum absolute atomic E-state index is 6.09. The van der Waals surface area contributed by atoms with Crippen LogP contribution in [0.3, 0.4) is 0 Å². The Labute approximate surface area is 270 Å². The van der Waals surface area contributed by atoms with E-state index in [1.54, 1.807) is 12.2 Å². The molecule has 2 unspecified atom stereocenters. The van der Waals surface area contributed by atoms with Gasteiger partial charge in [-0.1, -0.05) is 98.1 Å². The SMILES string of the molecule is C=CCOc1cccc(C2c3c(n(CC=C)c4ccccc34)C(c3cccc(OCC=C)c3)c3c2n(CC=C)c2ccccc32)c1. The summed E-state index contributed by atoms with van der Waals surface area (Å²) >= 11 is 0. The summed E-state index contributed by atoms with van der Waals surface area (Å²) in [4.78, 5) is 0. The van der Waals surface area contributed by atoms with Crippen molar-refractivity contribution in [3.63, 3.8) is 0 Å². The van der Waals surface area contributed by atoms with E-state index in [9.17, 15) is 0 Å². The molecule has 1 aliphatic carbocycles. The maximum Gasteiger partial charge on any atom is 0.120 e. The Morgan fingerprint density at radius 2 is 0.957 bits per heavy atom. The molecule has 4 aromatic carbocycles. The van der Waals surface area contributed by atoms with Crippen LogP contribution in [0.15, 0.2) is 148 Å². The van der Waals surface area contributed by atoms with Gasteiger partial charge in [0.2, 0.25) is 0 Å². The number of hydrogen-bond acceptors (Lipinski definition) is 2. The molecule has 2 heterocycles. The molecule has 0 N–H and O–H groups in total. The molecule has 0 spiro atoms. The monoisotopic (exact) mass is 602 g/mol. The molecule has 0 bridgehead atoms. The predicted molar refractivity (Wildman–Crippen MR) is 190 cm³/mol. The van der Waals surface area contributed by atoms with Crippen molar-refractivity contribution in [2.75, 3.05) is 13.2 Å². The Bertz CT molecular complexity index is 1960. The van der Waals surface area contributed by atoms with Crippen LogP contribution in [0.25, 0.3) is 21.8 Å². The number of rotatable bonds is 12. The van der Waals surface area contributed by atoms with Crippen molar-refractivity contribution in [1.29, 1.82) is 0 Å². The van der Waals surface area contributed by atoms with Crippen molar-refractivity contribution < 1.29 is 9.47 Å². The number of para-hydroxylation sites is 2. The van der Waals surface area contributed by atoms with Crippen LogP contribution in [0.4, 0.5) is 0 Å². The first-order valence-electron chi connectivity index (χ1n) is 15.8. The molecular formula is C42H38N2O2. The van der Waals surface area contributed by atoms with Crippen LogP contribution < -0.4 is 9.47 Å². The Balaban J connectivity index is 1.63. The molecule has 6 aromatic rings. The smallest absolute Gasteiger partial charge is 0.120 e. The number of allylic oxidation sites excluding steroid dienone is 2. The molecule has 0 amide bonds. The van der Waals surface area contributed by atoms with Crippen molar-refractivity contribution in [3.05, 3.63) is 181 Å². The molecule has 0 saturated heterocycles. The first kappa shape index (κ1) is 29.2. The van der Waals surface area contributed by atoms with E-state index in [-0.39, 0.29) is 11.8 Å². The molecule has 2 aromatic heterocycles. The molecule has 7 rings (SSSR count). The van der Waals surface area contributed by atoms with Crippen molar-refractivity contribution in [2.24, 2.45) is 0 Å². The quantitative estimate of drug-likeness (QED) is 0.130. The van der Waals surface area contributed by atoms with Gasteiger partial charge in [-0.05, 0) is 58.7 Å². The fourth-order valence-corrected chi connectivity index (χ4v) is 7.38. The fourth-order valence-electron chi connectivity index (χ4n) is 7.38. The second-order valence-electron chi connectivity index (χ2n) is 11.6. The lowest BCUT2D eigenvalue weighted by Crippen LogP contribution is -2.23. The van der Waals surface area contributed by atoms with Crippen LogP contribution in [0.1, 0.15) is 45.5 Å². The minimum atomic E-state index is -0.0583. The summed E-state index contributed by atoms with van der Waals surface area (Å²) < 4.78 is 17.1. The van der Waals surface area contributed by atoms with Gasteiger partial charge in [0.25, 0.3) is 0 Å². The minimum Gasteiger partial charge on any atom is -0.490 e. The summed E-state index contributed by atoms with van der Waals surface area (Å²) in [6.07, 6.45) is 7.57. The van der Waals surface area contributed by atoms with E-state index >= 15 is 0 Å². The molecule has 1 aliphatic rings. The third-order valence-corrected chi connectivity index (χ3v) is 8.97. The van der Waals surface area contributed by atoms with Crippen molar-refractivity contribution in [1.82, 2.24) is 9.13 Å². The highest BCUT2D eigenvalue weighted by atomic mass is 16.5. The Morgan fingerprint density at radius 1 is 0.522 bits per heavy atom. The van der Waals surface area contributed by atoms with Gasteiger partial charge in [0.1, 0.15) is 24.7 Å². The highest BCUT2D eigenvalue weighted by Crippen LogP contribution is 2.55. The highest BCUT2D eigenvalue weighted by Gasteiger charge is 2.42. The molecular weight excluding hydrogens is 564 g/mol. The zero-order valence-corrected chi connectivity index (χ0v) is 26.1. The highest BCUT2D eigenvalue weighted by molar-refractivity contribution is 5.94. The number of benzene rings is 4. The summed E-state index contributed by atoms with van der Waals surface area (Å²) in [6.45, 7) is 18.4. The number of aromatic nitrogens is 2. The number of nitrogens with zero attached hydrogens (tertiary/aromatic N) is 2. The lowest BCUT2D eigenvalue weighted by atomic mass is 9.72. The van der Waals surface area contributed by atoms with E-state index in [4.69, 9.17) is 9.47 Å². The van der Waals surface area contributed by atoms with Crippen molar-refractivity contribution >= 4 is 21.8 Å². The molecule has 228 valence electrons. The third kappa shape index (κ3) is 4.78. The van der Waals surface area contributed by atoms with E-state index in [2.05, 4.69) is 120 Å². The summed E-state index contributed by atoms with van der Waals surface area (Å²) in [6, 6.07) is 34.7. The van der Waals surface area contributed by atoms with Crippen LogP contribution in [0.2, 0.25) is 0 Å². The second-order valence-corrected chi connectivity index (χ2v) is 11.6. The average Bonchev–Trinajstić information content (AvgIpc) is 3.59. The van der Waals surface area contributed by atoms with Crippen LogP contribution >= 0.6 is 0 Å². The van der Waals surface area contributed by atoms with Gasteiger partial charge in [0.05, 0.1) is 11.8 Å². The van der Waals surface area contributed by atoms with Crippen LogP contribution in [0.5, 0.6) is 11.5 Å². The number of fused-ring (bicyclic) bond motifs is 6. The van der Waals surface area contributed by atoms with E-state index < -0.39 is 0 Å². The molecule has 0 aliphatic heterocycles. The van der Waals surface area contributed by atoms with Crippen molar-refractivity contribution in [2.45, 2.75) is 24.9 Å². The zero-order chi connectivity index (χ0) is 31.6. The summed E-state index contributed by atoms with van der Waals surface area (Å²) in [5, 5.41) is 2.48. The van der Waals surface area contributed by atoms with Crippen LogP contribution in [-0.4, -0.2) is 22.3 Å². The molecule has 46 heavy (non-hydrogen) atoms. The van der Waals surface area contributed by atoms with Crippen LogP contribution in [-0.2, 0) is 13.1 Å². The summed E-state index contributed by atoms with van der Waals surface area (Å²) in [7, 11) is 0. The molecule has 2 atom stereocenters. The van der Waals surface area contributed by atoms with Crippen LogP contribution in [0, 0.1) is 0 Å². The first-order chi connectivity index (χ1) is 22.7. The molecule has 0 radical (unpaired) electrons. The molecule has 4 nitrogen and oxygen atoms in total. The van der Waals surface area contributed by atoms with Gasteiger partial charge in [0.15, 0.2) is 0 Å². The van der Waals surface area contributed by atoms with Gasteiger partial charge in [-0.2, -0.15) is 0 Å². The average molecular weight is 603 g/mol. The maximum atomic E-state index is 6.09. The van der Waals surface area contributed by atoms with E-state index in [0.717, 1.165) is 11.5 Å². The Morgan fingerprint density at radius 3 is 1.37 bits per heavy atom. The van der Waals surface area contributed by atoms with E-state index in [0.29, 0.717) is 26.3 Å². The standard InChI is InChI=1S/C42H38N2O2/c1-5-23-43-35-21-11-9-19-33(35)39-38(30-16-14-18-32(28-30)46-26-8-4)42-40(34-20-10-12-22-36(34)44(42)24-6-2)37(41(39)43)29-15-13-17-31(27-29)45-25-7-3/h5-22,27-28,37-38H,1-4,23-26H2. The number of ether oxygens (including phenoxy) is 2. The van der Waals surface area contributed by atoms with Gasteiger partial charge < -0.3 is 18.6 Å². The Hall–Kier alpha value is -5.48. The third-order valence-electron chi connectivity index (χ3n) is 8.97. The van der Waals surface area contributed by atoms with Crippen molar-refractivity contribution in [3.8, 4) is 11.5 Å². The van der Waals surface area contributed by atoms with Gasteiger partial charge >= 0.3 is 0 Å². The van der Waals surface area contributed by atoms with Gasteiger partial charge in [0, 0.05) is 46.3 Å². The molecule has 4 heteroatoms. The topological polar surface area (TPSA) is 28.3 Å². The Kier molecular flexibility index (Phi) is 7.94. The summed E-state index contributed by atoms with van der Waals surface area (Å²) in [5.41, 5.74) is 9.93. The van der Waals surface area contributed by atoms with Gasteiger partial charge in [-0.25, -0.2) is 0 Å². The second kappa shape index (κ2) is 12.5. The van der Waals surface area contributed by atoms with Gasteiger partial charge in [-0.15, -0.1) is 13.2 Å². The van der Waals surface area contributed by atoms with Gasteiger partial charge in [-0.3, -0.25) is 0 Å². The lowest BCUT2D eigenvalue weighted by molar-refractivity contribution is 0.362. The fraction of sp³-hybridized carbons (Fsp3) is 0.143. The summed E-state index contributed by atoms with van der Waals surface area (Å²) in [5.74, 6) is 1.54. The predicted octanol–water partition coefficient (Wildman–Crippen LogP) is 9.77.